The van der Waals surface area contributed by atoms with Gasteiger partial charge in [0.1, 0.15) is 0 Å². The van der Waals surface area contributed by atoms with Crippen LogP contribution in [0.5, 0.6) is 0 Å². The van der Waals surface area contributed by atoms with Gasteiger partial charge in [-0.1, -0.05) is 282 Å². The average Bonchev–Trinajstić information content (AvgIpc) is 3.23. The topological polar surface area (TPSA) is 69.6 Å². The molecule has 58 heavy (non-hydrogen) atoms. The first kappa shape index (κ1) is 56.9. The molecule has 1 amide bonds. The molecule has 0 aliphatic heterocycles. The van der Waals surface area contributed by atoms with E-state index in [9.17, 15) is 15.0 Å². The summed E-state index contributed by atoms with van der Waals surface area (Å²) in [5.74, 6) is -0.0679. The molecule has 2 atom stereocenters. The Morgan fingerprint density at radius 1 is 0.397 bits per heavy atom. The predicted octanol–water partition coefficient (Wildman–Crippen LogP) is 17.1. The highest BCUT2D eigenvalue weighted by Gasteiger charge is 2.18. The maximum atomic E-state index is 12.4. The molecule has 2 unspecified atom stereocenters. The van der Waals surface area contributed by atoms with Crippen molar-refractivity contribution in [3.63, 3.8) is 0 Å². The second-order valence-electron chi connectivity index (χ2n) is 18.3. The molecule has 0 radical (unpaired) electrons. The molecular weight excluding hydrogens is 711 g/mol. The monoisotopic (exact) mass is 816 g/mol. The number of hydrogen-bond donors (Lipinski definition) is 3. The lowest BCUT2D eigenvalue weighted by molar-refractivity contribution is -0.123. The fourth-order valence-corrected chi connectivity index (χ4v) is 8.37. The molecule has 0 aromatic rings. The molecule has 0 saturated carbocycles. The van der Waals surface area contributed by atoms with E-state index in [4.69, 9.17) is 0 Å². The van der Waals surface area contributed by atoms with Gasteiger partial charge in [0.2, 0.25) is 5.91 Å². The normalized spacial score (nSPS) is 13.0. The Morgan fingerprint density at radius 3 is 1.00 bits per heavy atom. The summed E-state index contributed by atoms with van der Waals surface area (Å²) in [6, 6.07) is -0.635. The van der Waals surface area contributed by atoms with Gasteiger partial charge in [-0.05, 0) is 32.1 Å². The highest BCUT2D eigenvalue weighted by atomic mass is 16.3. The molecule has 344 valence electrons. The van der Waals surface area contributed by atoms with Gasteiger partial charge in [-0.2, -0.15) is 0 Å². The Hall–Kier alpha value is -1.13. The summed E-state index contributed by atoms with van der Waals surface area (Å²) in [4.78, 5) is 12.4. The Morgan fingerprint density at radius 2 is 0.672 bits per heavy atom. The van der Waals surface area contributed by atoms with Crippen LogP contribution in [0, 0.1) is 0 Å². The standard InChI is InChI=1S/C54H105NO3/c1-3-5-7-9-11-13-15-17-19-21-23-24-25-26-27-28-29-30-32-33-35-37-39-41-43-45-47-49-53(57)52(51-56)55-54(58)50-48-46-44-42-40-38-36-34-31-22-20-18-16-14-12-10-8-6-4-2/h39,41,47,49,52-53,56-57H,3-38,40,42-46,48,50-51H2,1-2H3,(H,55,58)/b41-39+,49-47+. The van der Waals surface area contributed by atoms with Crippen molar-refractivity contribution >= 4 is 5.91 Å². The van der Waals surface area contributed by atoms with E-state index in [-0.39, 0.29) is 12.5 Å². The summed E-state index contributed by atoms with van der Waals surface area (Å²) >= 11 is 0. The van der Waals surface area contributed by atoms with E-state index in [0.29, 0.717) is 6.42 Å². The molecular formula is C54H105NO3. The molecule has 0 fully saturated rings. The zero-order valence-corrected chi connectivity index (χ0v) is 39.6. The van der Waals surface area contributed by atoms with Crippen molar-refractivity contribution in [2.45, 2.75) is 309 Å². The van der Waals surface area contributed by atoms with Gasteiger partial charge in [0.25, 0.3) is 0 Å². The number of carbonyl (C=O) groups is 1. The van der Waals surface area contributed by atoms with Crippen molar-refractivity contribution in [2.24, 2.45) is 0 Å². The molecule has 0 aromatic carbocycles. The van der Waals surface area contributed by atoms with Gasteiger partial charge < -0.3 is 15.5 Å². The number of carbonyl (C=O) groups excluding carboxylic acids is 1. The zero-order valence-electron chi connectivity index (χ0n) is 39.6. The molecule has 0 spiro atoms. The Labute approximate surface area is 364 Å². The lowest BCUT2D eigenvalue weighted by atomic mass is 10.0. The number of hydrogen-bond acceptors (Lipinski definition) is 3. The van der Waals surface area contributed by atoms with Crippen molar-refractivity contribution in [1.82, 2.24) is 5.32 Å². The van der Waals surface area contributed by atoms with Gasteiger partial charge >= 0.3 is 0 Å². The summed E-state index contributed by atoms with van der Waals surface area (Å²) < 4.78 is 0. The smallest absolute Gasteiger partial charge is 0.220 e. The van der Waals surface area contributed by atoms with Crippen LogP contribution in [-0.2, 0) is 4.79 Å². The van der Waals surface area contributed by atoms with Crippen LogP contribution in [0.1, 0.15) is 296 Å². The van der Waals surface area contributed by atoms with Crippen molar-refractivity contribution < 1.29 is 15.0 Å². The van der Waals surface area contributed by atoms with E-state index >= 15 is 0 Å². The highest BCUT2D eigenvalue weighted by molar-refractivity contribution is 5.76. The Kier molecular flexibility index (Phi) is 49.2. The van der Waals surface area contributed by atoms with Crippen LogP contribution in [0.2, 0.25) is 0 Å². The largest absolute Gasteiger partial charge is 0.394 e. The van der Waals surface area contributed by atoms with E-state index in [1.807, 2.05) is 6.08 Å². The molecule has 4 nitrogen and oxygen atoms in total. The Balaban J connectivity index is 3.51. The maximum absolute atomic E-state index is 12.4. The fourth-order valence-electron chi connectivity index (χ4n) is 8.37. The first-order valence-corrected chi connectivity index (χ1v) is 26.6. The van der Waals surface area contributed by atoms with E-state index in [1.54, 1.807) is 6.08 Å². The molecule has 0 saturated heterocycles. The zero-order chi connectivity index (χ0) is 42.1. The number of aliphatic hydroxyl groups is 2. The van der Waals surface area contributed by atoms with Crippen molar-refractivity contribution in [2.75, 3.05) is 6.61 Å². The average molecular weight is 816 g/mol. The predicted molar refractivity (Wildman–Crippen MR) is 258 cm³/mol. The molecule has 0 aromatic heterocycles. The number of allylic oxidation sites excluding steroid dienone is 3. The van der Waals surface area contributed by atoms with Crippen molar-refractivity contribution in [3.8, 4) is 0 Å². The Bertz CT molecular complexity index is 840. The van der Waals surface area contributed by atoms with Gasteiger partial charge in [0.15, 0.2) is 0 Å². The maximum Gasteiger partial charge on any atom is 0.220 e. The van der Waals surface area contributed by atoms with Gasteiger partial charge in [0.05, 0.1) is 18.8 Å². The second-order valence-corrected chi connectivity index (χ2v) is 18.3. The lowest BCUT2D eigenvalue weighted by Gasteiger charge is -2.19. The van der Waals surface area contributed by atoms with Crippen LogP contribution in [0.25, 0.3) is 0 Å². The number of nitrogens with one attached hydrogen (secondary N) is 1. The number of aliphatic hydroxyl groups excluding tert-OH is 2. The SMILES string of the molecule is CCCCCCCCCCCCCCCCCCCCCCC/C=C/CC/C=C/C(O)C(CO)NC(=O)CCCCCCCCCCCCCCCCCCCCC. The first-order chi connectivity index (χ1) is 28.7. The van der Waals surface area contributed by atoms with Gasteiger partial charge in [-0.3, -0.25) is 4.79 Å². The minimum absolute atomic E-state index is 0.0679. The van der Waals surface area contributed by atoms with Crippen LogP contribution in [0.15, 0.2) is 24.3 Å². The molecule has 0 aliphatic carbocycles. The minimum atomic E-state index is -0.859. The van der Waals surface area contributed by atoms with Crippen LogP contribution in [0.3, 0.4) is 0 Å². The summed E-state index contributed by atoms with van der Waals surface area (Å²) in [5.41, 5.74) is 0. The molecule has 0 rings (SSSR count). The third-order valence-corrected chi connectivity index (χ3v) is 12.4. The van der Waals surface area contributed by atoms with Crippen LogP contribution >= 0.6 is 0 Å². The fraction of sp³-hybridized carbons (Fsp3) is 0.907. The van der Waals surface area contributed by atoms with Gasteiger partial charge in [0, 0.05) is 6.42 Å². The summed E-state index contributed by atoms with van der Waals surface area (Å²) in [5, 5.41) is 23.1. The number of amides is 1. The molecule has 0 bridgehead atoms. The van der Waals surface area contributed by atoms with E-state index in [1.165, 1.54) is 244 Å². The van der Waals surface area contributed by atoms with Crippen molar-refractivity contribution in [1.29, 1.82) is 0 Å². The number of unbranched alkanes of at least 4 members (excludes halogenated alkanes) is 40. The van der Waals surface area contributed by atoms with Gasteiger partial charge in [-0.15, -0.1) is 0 Å². The van der Waals surface area contributed by atoms with Crippen molar-refractivity contribution in [3.05, 3.63) is 24.3 Å². The quantitative estimate of drug-likeness (QED) is 0.0423. The third-order valence-electron chi connectivity index (χ3n) is 12.4. The third kappa shape index (κ3) is 45.9. The summed E-state index contributed by atoms with van der Waals surface area (Å²) in [7, 11) is 0. The molecule has 0 aliphatic rings. The van der Waals surface area contributed by atoms with E-state index in [2.05, 4.69) is 31.3 Å². The van der Waals surface area contributed by atoms with Crippen LogP contribution in [-0.4, -0.2) is 34.9 Å². The lowest BCUT2D eigenvalue weighted by Crippen LogP contribution is -2.45. The van der Waals surface area contributed by atoms with Crippen LogP contribution in [0.4, 0.5) is 0 Å². The second kappa shape index (κ2) is 50.2. The minimum Gasteiger partial charge on any atom is -0.394 e. The van der Waals surface area contributed by atoms with E-state index < -0.39 is 12.1 Å². The summed E-state index contributed by atoms with van der Waals surface area (Å²) in [6.07, 6.45) is 66.2. The first-order valence-electron chi connectivity index (χ1n) is 26.6. The van der Waals surface area contributed by atoms with Gasteiger partial charge in [-0.25, -0.2) is 0 Å². The summed E-state index contributed by atoms with van der Waals surface area (Å²) in [6.45, 7) is 4.33. The van der Waals surface area contributed by atoms with E-state index in [0.717, 1.165) is 32.1 Å². The van der Waals surface area contributed by atoms with Crippen LogP contribution < -0.4 is 5.32 Å². The number of rotatable bonds is 49. The molecule has 3 N–H and O–H groups in total. The highest BCUT2D eigenvalue weighted by Crippen LogP contribution is 2.17. The molecule has 0 heterocycles. The molecule has 4 heteroatoms.